The lowest BCUT2D eigenvalue weighted by Gasteiger charge is -2.28. The summed E-state index contributed by atoms with van der Waals surface area (Å²) in [4.78, 5) is 34.2. The summed E-state index contributed by atoms with van der Waals surface area (Å²) in [5.41, 5.74) is -0.455. The Kier molecular flexibility index (Phi) is 4.26. The molecule has 0 atom stereocenters. The normalized spacial score (nSPS) is 14.2. The molecule has 1 N–H and O–H groups in total. The minimum atomic E-state index is -5.16. The number of fused-ring (bicyclic) bond motifs is 1. The SMILES string of the molecule is CC(=O)N1CCc2ccc(NC(=O)C(F)(F)F)c([N+](=O)[O-])c2C1. The fourth-order valence-corrected chi connectivity index (χ4v) is 2.39. The van der Waals surface area contributed by atoms with Gasteiger partial charge >= 0.3 is 12.1 Å². The molecule has 7 nitrogen and oxygen atoms in total. The molecular formula is C13H12F3N3O4. The van der Waals surface area contributed by atoms with Gasteiger partial charge in [-0.2, -0.15) is 13.2 Å². The number of hydrogen-bond donors (Lipinski definition) is 1. The van der Waals surface area contributed by atoms with Crippen LogP contribution in [0.2, 0.25) is 0 Å². The van der Waals surface area contributed by atoms with Gasteiger partial charge in [-0.1, -0.05) is 6.07 Å². The summed E-state index contributed by atoms with van der Waals surface area (Å²) in [6.45, 7) is 1.58. The highest BCUT2D eigenvalue weighted by molar-refractivity contribution is 5.97. The van der Waals surface area contributed by atoms with Crippen LogP contribution in [-0.4, -0.2) is 34.4 Å². The average Bonchev–Trinajstić information content (AvgIpc) is 2.44. The van der Waals surface area contributed by atoms with E-state index in [1.807, 2.05) is 0 Å². The number of nitrogens with one attached hydrogen (secondary N) is 1. The molecule has 2 amide bonds. The Morgan fingerprint density at radius 1 is 1.35 bits per heavy atom. The van der Waals surface area contributed by atoms with Gasteiger partial charge in [-0.05, 0) is 18.1 Å². The summed E-state index contributed by atoms with van der Waals surface area (Å²) < 4.78 is 37.0. The molecule has 1 aliphatic rings. The van der Waals surface area contributed by atoms with Gasteiger partial charge in [-0.3, -0.25) is 19.7 Å². The molecule has 2 rings (SSSR count). The number of hydrogen-bond acceptors (Lipinski definition) is 4. The number of carbonyl (C=O) groups is 2. The first kappa shape index (κ1) is 16.7. The lowest BCUT2D eigenvalue weighted by atomic mass is 9.97. The number of rotatable bonds is 2. The molecule has 124 valence electrons. The summed E-state index contributed by atoms with van der Waals surface area (Å²) in [6.07, 6.45) is -4.81. The van der Waals surface area contributed by atoms with Crippen LogP contribution in [0.5, 0.6) is 0 Å². The summed E-state index contributed by atoms with van der Waals surface area (Å²) in [6, 6.07) is 2.50. The lowest BCUT2D eigenvalue weighted by Crippen LogP contribution is -2.35. The van der Waals surface area contributed by atoms with E-state index in [0.29, 0.717) is 18.5 Å². The number of nitro groups is 1. The maximum absolute atomic E-state index is 12.3. The fourth-order valence-electron chi connectivity index (χ4n) is 2.39. The molecule has 0 aliphatic carbocycles. The van der Waals surface area contributed by atoms with Gasteiger partial charge in [-0.25, -0.2) is 0 Å². The Hall–Kier alpha value is -2.65. The smallest absolute Gasteiger partial charge is 0.338 e. The van der Waals surface area contributed by atoms with Gasteiger partial charge in [0.25, 0.3) is 5.69 Å². The number of amides is 2. The molecule has 1 aromatic rings. The molecule has 0 saturated heterocycles. The number of halogens is 3. The van der Waals surface area contributed by atoms with E-state index in [1.165, 1.54) is 23.2 Å². The van der Waals surface area contributed by atoms with E-state index in [2.05, 4.69) is 0 Å². The average molecular weight is 331 g/mol. The van der Waals surface area contributed by atoms with Crippen LogP contribution in [0.25, 0.3) is 0 Å². The summed E-state index contributed by atoms with van der Waals surface area (Å²) in [5, 5.41) is 12.8. The third-order valence-electron chi connectivity index (χ3n) is 3.51. The number of nitro benzene ring substituents is 1. The highest BCUT2D eigenvalue weighted by Crippen LogP contribution is 2.35. The first-order valence-corrected chi connectivity index (χ1v) is 6.54. The Balaban J connectivity index is 2.46. The molecule has 1 aliphatic heterocycles. The van der Waals surface area contributed by atoms with Gasteiger partial charge in [0, 0.05) is 13.5 Å². The van der Waals surface area contributed by atoms with E-state index in [1.54, 1.807) is 0 Å². The second-order valence-corrected chi connectivity index (χ2v) is 5.00. The zero-order valence-electron chi connectivity index (χ0n) is 11.9. The van der Waals surface area contributed by atoms with Crippen molar-refractivity contribution < 1.29 is 27.7 Å². The van der Waals surface area contributed by atoms with Crippen LogP contribution >= 0.6 is 0 Å². The van der Waals surface area contributed by atoms with Gasteiger partial charge < -0.3 is 10.2 Å². The predicted octanol–water partition coefficient (Wildman–Crippen LogP) is 2.00. The van der Waals surface area contributed by atoms with Crippen LogP contribution < -0.4 is 5.32 Å². The van der Waals surface area contributed by atoms with Gasteiger partial charge in [0.15, 0.2) is 0 Å². The molecule has 0 saturated carbocycles. The van der Waals surface area contributed by atoms with E-state index < -0.39 is 28.4 Å². The molecule has 0 spiro atoms. The number of alkyl halides is 3. The van der Waals surface area contributed by atoms with Crippen molar-refractivity contribution in [3.8, 4) is 0 Å². The zero-order valence-corrected chi connectivity index (χ0v) is 11.9. The standard InChI is InChI=1S/C13H12F3N3O4/c1-7(20)18-5-4-8-2-3-10(17-12(21)13(14,15)16)11(19(22)23)9(8)6-18/h2-3H,4-6H2,1H3,(H,17,21). The van der Waals surface area contributed by atoms with Crippen LogP contribution in [0.3, 0.4) is 0 Å². The van der Waals surface area contributed by atoms with Gasteiger partial charge in [0.2, 0.25) is 5.91 Å². The van der Waals surface area contributed by atoms with Crippen molar-refractivity contribution >= 4 is 23.2 Å². The molecule has 0 aromatic heterocycles. The van der Waals surface area contributed by atoms with E-state index >= 15 is 0 Å². The number of carbonyl (C=O) groups excluding carboxylic acids is 2. The number of benzene rings is 1. The lowest BCUT2D eigenvalue weighted by molar-refractivity contribution is -0.384. The van der Waals surface area contributed by atoms with Gasteiger partial charge in [0.1, 0.15) is 5.69 Å². The quantitative estimate of drug-likeness (QED) is 0.663. The highest BCUT2D eigenvalue weighted by atomic mass is 19.4. The molecule has 10 heteroatoms. The third-order valence-corrected chi connectivity index (χ3v) is 3.51. The monoisotopic (exact) mass is 331 g/mol. The molecule has 0 radical (unpaired) electrons. The van der Waals surface area contributed by atoms with Gasteiger partial charge in [0.05, 0.1) is 17.0 Å². The van der Waals surface area contributed by atoms with Crippen LogP contribution in [0.15, 0.2) is 12.1 Å². The molecule has 1 heterocycles. The summed E-state index contributed by atoms with van der Waals surface area (Å²) in [5.74, 6) is -2.59. The molecule has 0 fully saturated rings. The maximum Gasteiger partial charge on any atom is 0.471 e. The molecular weight excluding hydrogens is 319 g/mol. The van der Waals surface area contributed by atoms with Crippen molar-refractivity contribution in [3.63, 3.8) is 0 Å². The fraction of sp³-hybridized carbons (Fsp3) is 0.385. The Bertz CT molecular complexity index is 688. The highest BCUT2D eigenvalue weighted by Gasteiger charge is 2.40. The topological polar surface area (TPSA) is 92.6 Å². The Morgan fingerprint density at radius 3 is 2.52 bits per heavy atom. The predicted molar refractivity (Wildman–Crippen MR) is 72.6 cm³/mol. The zero-order chi connectivity index (χ0) is 17.4. The van der Waals surface area contributed by atoms with E-state index in [9.17, 15) is 32.9 Å². The van der Waals surface area contributed by atoms with Crippen molar-refractivity contribution in [1.29, 1.82) is 0 Å². The summed E-state index contributed by atoms with van der Waals surface area (Å²) in [7, 11) is 0. The minimum absolute atomic E-state index is 0.0866. The molecule has 23 heavy (non-hydrogen) atoms. The summed E-state index contributed by atoms with van der Waals surface area (Å²) >= 11 is 0. The van der Waals surface area contributed by atoms with Crippen molar-refractivity contribution in [2.24, 2.45) is 0 Å². The minimum Gasteiger partial charge on any atom is -0.338 e. The van der Waals surface area contributed by atoms with E-state index in [4.69, 9.17) is 0 Å². The maximum atomic E-state index is 12.3. The van der Waals surface area contributed by atoms with Crippen molar-refractivity contribution in [3.05, 3.63) is 33.4 Å². The Labute approximate surface area is 128 Å². The molecule has 1 aromatic carbocycles. The van der Waals surface area contributed by atoms with Gasteiger partial charge in [-0.15, -0.1) is 0 Å². The second-order valence-electron chi connectivity index (χ2n) is 5.00. The number of anilines is 1. The van der Waals surface area contributed by atoms with Crippen molar-refractivity contribution in [2.75, 3.05) is 11.9 Å². The third kappa shape index (κ3) is 3.41. The number of nitrogens with zero attached hydrogens (tertiary/aromatic N) is 2. The van der Waals surface area contributed by atoms with E-state index in [-0.39, 0.29) is 18.0 Å². The first-order valence-electron chi connectivity index (χ1n) is 6.54. The molecule has 0 bridgehead atoms. The van der Waals surface area contributed by atoms with Crippen molar-refractivity contribution in [2.45, 2.75) is 26.1 Å². The van der Waals surface area contributed by atoms with Crippen LogP contribution in [-0.2, 0) is 22.6 Å². The van der Waals surface area contributed by atoms with Crippen molar-refractivity contribution in [1.82, 2.24) is 4.90 Å². The second kappa shape index (κ2) is 5.86. The Morgan fingerprint density at radius 2 is 2.00 bits per heavy atom. The van der Waals surface area contributed by atoms with E-state index in [0.717, 1.165) is 6.07 Å². The van der Waals surface area contributed by atoms with Crippen LogP contribution in [0.4, 0.5) is 24.5 Å². The van der Waals surface area contributed by atoms with Crippen LogP contribution in [0.1, 0.15) is 18.1 Å². The van der Waals surface area contributed by atoms with Crippen LogP contribution in [0, 0.1) is 10.1 Å². The largest absolute Gasteiger partial charge is 0.471 e. The molecule has 0 unspecified atom stereocenters. The first-order chi connectivity index (χ1) is 10.6.